The van der Waals surface area contributed by atoms with Crippen LogP contribution in [0.1, 0.15) is 104 Å². The molecule has 368 valence electrons. The number of ether oxygens (including phenoxy) is 1. The van der Waals surface area contributed by atoms with Crippen molar-refractivity contribution in [3.05, 3.63) is 216 Å². The quantitative estimate of drug-likeness (QED) is 0.159. The van der Waals surface area contributed by atoms with E-state index >= 15 is 0 Å². The summed E-state index contributed by atoms with van der Waals surface area (Å²) in [5.41, 5.74) is 20.7. The minimum absolute atomic E-state index is 0.00898. The Bertz CT molecular complexity index is 3800. The first-order valence-electron chi connectivity index (χ1n) is 26.3. The molecule has 5 nitrogen and oxygen atoms in total. The van der Waals surface area contributed by atoms with Crippen LogP contribution in [-0.2, 0) is 21.7 Å². The summed E-state index contributed by atoms with van der Waals surface area (Å²) >= 11 is 0. The Hall–Kier alpha value is -7.89. The summed E-state index contributed by atoms with van der Waals surface area (Å²) in [5.74, 6) is 2.42. The van der Waals surface area contributed by atoms with Gasteiger partial charge in [-0.25, -0.2) is 4.98 Å². The van der Waals surface area contributed by atoms with E-state index in [1.165, 1.54) is 78.0 Å². The maximum atomic E-state index is 6.96. The van der Waals surface area contributed by atoms with E-state index in [-0.39, 0.29) is 21.7 Å². The van der Waals surface area contributed by atoms with Gasteiger partial charge in [-0.15, -0.1) is 0 Å². The summed E-state index contributed by atoms with van der Waals surface area (Å²) in [7, 11) is 0. The topological polar surface area (TPSA) is 33.5 Å². The number of fused-ring (bicyclic) bond motifs is 7. The molecule has 2 aliphatic rings. The number of hydrogen-bond acceptors (Lipinski definition) is 4. The van der Waals surface area contributed by atoms with E-state index in [1.807, 2.05) is 6.20 Å². The molecule has 0 N–H and O–H groups in total. The van der Waals surface area contributed by atoms with Gasteiger partial charge in [0.25, 0.3) is 0 Å². The Kier molecular flexibility index (Phi) is 10.9. The van der Waals surface area contributed by atoms with Gasteiger partial charge in [0.1, 0.15) is 24.0 Å². The third-order valence-corrected chi connectivity index (χ3v) is 15.8. The second kappa shape index (κ2) is 17.1. The molecule has 74 heavy (non-hydrogen) atoms. The maximum Gasteiger partial charge on any atom is 0.137 e. The SMILES string of the molecule is CC(C)(C)c1cc(-c2ccc3c(c2)c2ccc(Oc4cccc(N5CN(c6c(-c7ccccc7)ccc7c6-c6ccccc6C7(C)C)c6ccccc65)c4)cc2n3-c2cc(C(C)(C)C)ccn2)cc(C(C)(C)C)c1. The number of pyridine rings is 1. The second-order valence-corrected chi connectivity index (χ2v) is 24.2. The van der Waals surface area contributed by atoms with Gasteiger partial charge in [0, 0.05) is 51.3 Å². The van der Waals surface area contributed by atoms with E-state index in [0.717, 1.165) is 45.1 Å². The molecule has 0 saturated heterocycles. The van der Waals surface area contributed by atoms with E-state index in [0.29, 0.717) is 6.67 Å². The van der Waals surface area contributed by atoms with Gasteiger partial charge >= 0.3 is 0 Å². The molecule has 0 bridgehead atoms. The Morgan fingerprint density at radius 3 is 1.86 bits per heavy atom. The van der Waals surface area contributed by atoms with Crippen molar-refractivity contribution in [1.82, 2.24) is 9.55 Å². The Labute approximate surface area is 437 Å². The van der Waals surface area contributed by atoms with E-state index in [2.05, 4.69) is 273 Å². The van der Waals surface area contributed by atoms with Crippen molar-refractivity contribution in [2.75, 3.05) is 16.5 Å². The van der Waals surface area contributed by atoms with Crippen LogP contribution in [0, 0.1) is 0 Å². The van der Waals surface area contributed by atoms with Crippen LogP contribution in [0.3, 0.4) is 0 Å². The van der Waals surface area contributed by atoms with Gasteiger partial charge in [-0.05, 0) is 127 Å². The molecular weight excluding hydrogens is 901 g/mol. The zero-order valence-electron chi connectivity index (χ0n) is 44.8. The number of para-hydroxylation sites is 2. The van der Waals surface area contributed by atoms with Crippen LogP contribution in [0.2, 0.25) is 0 Å². The molecule has 0 fully saturated rings. The van der Waals surface area contributed by atoms with Crippen molar-refractivity contribution < 1.29 is 4.74 Å². The number of nitrogens with zero attached hydrogens (tertiary/aromatic N) is 4. The second-order valence-electron chi connectivity index (χ2n) is 24.2. The number of anilines is 4. The highest BCUT2D eigenvalue weighted by molar-refractivity contribution is 6.11. The summed E-state index contributed by atoms with van der Waals surface area (Å²) in [6, 6.07) is 67.0. The fraction of sp³-hybridized carbons (Fsp3) is 0.232. The van der Waals surface area contributed by atoms with Crippen LogP contribution in [0.25, 0.3) is 61.0 Å². The minimum Gasteiger partial charge on any atom is -0.457 e. The van der Waals surface area contributed by atoms with Crippen LogP contribution in [-0.4, -0.2) is 16.2 Å². The monoisotopic (exact) mass is 967 g/mol. The molecule has 0 atom stereocenters. The van der Waals surface area contributed by atoms with Crippen molar-refractivity contribution >= 4 is 44.6 Å². The highest BCUT2D eigenvalue weighted by Gasteiger charge is 2.40. The molecule has 0 amide bonds. The number of aromatic nitrogens is 2. The van der Waals surface area contributed by atoms with Gasteiger partial charge in [-0.2, -0.15) is 0 Å². The Morgan fingerprint density at radius 1 is 0.459 bits per heavy atom. The summed E-state index contributed by atoms with van der Waals surface area (Å²) in [6.45, 7) is 26.0. The fourth-order valence-electron chi connectivity index (χ4n) is 11.5. The third-order valence-electron chi connectivity index (χ3n) is 15.8. The van der Waals surface area contributed by atoms with Crippen molar-refractivity contribution in [2.24, 2.45) is 0 Å². The average molecular weight is 967 g/mol. The molecule has 1 aliphatic heterocycles. The lowest BCUT2D eigenvalue weighted by Crippen LogP contribution is -2.25. The molecule has 1 aliphatic carbocycles. The number of hydrogen-bond donors (Lipinski definition) is 0. The number of benzene rings is 8. The molecule has 0 saturated carbocycles. The lowest BCUT2D eigenvalue weighted by Gasteiger charge is -2.28. The van der Waals surface area contributed by atoms with Crippen molar-refractivity contribution in [2.45, 2.75) is 97.8 Å². The standard InChI is InChI=1S/C69H66N4O/c1-66(2,3)47-34-35-70-63(40-47)73-59-33-28-45(46-36-48(67(4,5)6)39-49(37-46)68(7,8)9)38-56(59)54-30-29-52(42-62(54)73)74-51-23-19-22-50(41-51)71-43-72(61-27-18-17-26-60(61)71)65-53(44-20-13-12-14-21-44)31-32-58-64(65)55-24-15-16-25-57(55)69(58,10)11/h12-42H,43H2,1-11H3. The van der Waals surface area contributed by atoms with Crippen LogP contribution in [0.4, 0.5) is 22.7 Å². The van der Waals surface area contributed by atoms with E-state index in [9.17, 15) is 0 Å². The maximum absolute atomic E-state index is 6.96. The zero-order valence-corrected chi connectivity index (χ0v) is 44.8. The van der Waals surface area contributed by atoms with Gasteiger partial charge in [-0.3, -0.25) is 4.57 Å². The molecule has 12 rings (SSSR count). The normalized spacial score (nSPS) is 14.1. The smallest absolute Gasteiger partial charge is 0.137 e. The lowest BCUT2D eigenvalue weighted by molar-refractivity contribution is 0.483. The molecule has 0 radical (unpaired) electrons. The van der Waals surface area contributed by atoms with Crippen LogP contribution in [0.15, 0.2) is 188 Å². The fourth-order valence-corrected chi connectivity index (χ4v) is 11.5. The zero-order chi connectivity index (χ0) is 51.5. The van der Waals surface area contributed by atoms with Crippen molar-refractivity contribution in [3.8, 4) is 50.7 Å². The minimum atomic E-state index is -0.136. The molecule has 8 aromatic carbocycles. The first-order valence-corrected chi connectivity index (χ1v) is 26.3. The molecule has 0 spiro atoms. The molecule has 5 heteroatoms. The van der Waals surface area contributed by atoms with Gasteiger partial charge in [0.05, 0.1) is 28.1 Å². The predicted molar refractivity (Wildman–Crippen MR) is 312 cm³/mol. The van der Waals surface area contributed by atoms with E-state index < -0.39 is 0 Å². The highest BCUT2D eigenvalue weighted by Crippen LogP contribution is 2.58. The van der Waals surface area contributed by atoms with Crippen molar-refractivity contribution in [1.29, 1.82) is 0 Å². The van der Waals surface area contributed by atoms with Gasteiger partial charge in [-0.1, -0.05) is 185 Å². The van der Waals surface area contributed by atoms with Crippen molar-refractivity contribution in [3.63, 3.8) is 0 Å². The molecule has 10 aromatic rings. The van der Waals surface area contributed by atoms with Gasteiger partial charge in [0.2, 0.25) is 0 Å². The summed E-state index contributed by atoms with van der Waals surface area (Å²) in [4.78, 5) is 10.0. The predicted octanol–water partition coefficient (Wildman–Crippen LogP) is 18.8. The van der Waals surface area contributed by atoms with Gasteiger partial charge in [0.15, 0.2) is 0 Å². The summed E-state index contributed by atoms with van der Waals surface area (Å²) in [6.07, 6.45) is 1.95. The molecule has 0 unspecified atom stereocenters. The van der Waals surface area contributed by atoms with E-state index in [1.54, 1.807) is 0 Å². The molecule has 2 aromatic heterocycles. The Balaban J connectivity index is 0.949. The molecule has 3 heterocycles. The van der Waals surface area contributed by atoms with Gasteiger partial charge < -0.3 is 14.5 Å². The lowest BCUT2D eigenvalue weighted by atomic mass is 9.79. The highest BCUT2D eigenvalue weighted by atomic mass is 16.5. The third kappa shape index (κ3) is 7.96. The average Bonchev–Trinajstić information content (AvgIpc) is 4.01. The van der Waals surface area contributed by atoms with E-state index in [4.69, 9.17) is 9.72 Å². The first kappa shape index (κ1) is 47.1. The Morgan fingerprint density at radius 2 is 1.14 bits per heavy atom. The summed E-state index contributed by atoms with van der Waals surface area (Å²) in [5, 5.41) is 2.33. The van der Waals surface area contributed by atoms with Crippen LogP contribution >= 0.6 is 0 Å². The van der Waals surface area contributed by atoms with Crippen LogP contribution < -0.4 is 14.5 Å². The summed E-state index contributed by atoms with van der Waals surface area (Å²) < 4.78 is 9.28. The first-order chi connectivity index (χ1) is 35.3. The molecular formula is C69H66N4O. The largest absolute Gasteiger partial charge is 0.457 e. The number of rotatable bonds is 7. The van der Waals surface area contributed by atoms with Crippen LogP contribution in [0.5, 0.6) is 11.5 Å².